The quantitative estimate of drug-likeness (QED) is 0.794. The predicted octanol–water partition coefficient (Wildman–Crippen LogP) is 2.18. The third-order valence-corrected chi connectivity index (χ3v) is 6.24. The van der Waals surface area contributed by atoms with Crippen LogP contribution in [0.3, 0.4) is 0 Å². The van der Waals surface area contributed by atoms with E-state index >= 15 is 0 Å². The fourth-order valence-electron chi connectivity index (χ4n) is 4.61. The standard InChI is InChI=1S/C20H29N3O2/c1-16(24)23-8-6-20(15-23)14-22(10-17-4-5-17)11-19(20)13-25-12-18-3-2-7-21-9-18/h2-3,7,9,17,19H,4-6,8,10-15H2,1H3/t19-,20+/m0/s1. The van der Waals surface area contributed by atoms with E-state index in [0.29, 0.717) is 12.5 Å². The molecule has 0 bridgehead atoms. The summed E-state index contributed by atoms with van der Waals surface area (Å²) >= 11 is 0. The maximum absolute atomic E-state index is 11.8. The van der Waals surface area contributed by atoms with Crippen molar-refractivity contribution in [2.24, 2.45) is 17.3 Å². The van der Waals surface area contributed by atoms with Gasteiger partial charge in [0.15, 0.2) is 0 Å². The number of hydrogen-bond donors (Lipinski definition) is 0. The molecule has 0 aromatic carbocycles. The van der Waals surface area contributed by atoms with Gasteiger partial charge in [-0.25, -0.2) is 0 Å². The maximum Gasteiger partial charge on any atom is 0.219 e. The van der Waals surface area contributed by atoms with Crippen LogP contribution in [0.4, 0.5) is 0 Å². The van der Waals surface area contributed by atoms with Crippen molar-refractivity contribution < 1.29 is 9.53 Å². The van der Waals surface area contributed by atoms with Gasteiger partial charge in [0.1, 0.15) is 0 Å². The van der Waals surface area contributed by atoms with E-state index in [1.807, 2.05) is 17.2 Å². The van der Waals surface area contributed by atoms with Crippen LogP contribution in [0.25, 0.3) is 0 Å². The fourth-order valence-corrected chi connectivity index (χ4v) is 4.61. The van der Waals surface area contributed by atoms with Crippen LogP contribution in [0.5, 0.6) is 0 Å². The van der Waals surface area contributed by atoms with Gasteiger partial charge >= 0.3 is 0 Å². The molecule has 1 saturated carbocycles. The number of pyridine rings is 1. The molecule has 5 heteroatoms. The molecule has 1 spiro atoms. The van der Waals surface area contributed by atoms with Crippen LogP contribution >= 0.6 is 0 Å². The van der Waals surface area contributed by atoms with E-state index in [4.69, 9.17) is 4.74 Å². The molecular formula is C20H29N3O2. The van der Waals surface area contributed by atoms with Crippen LogP contribution in [0.1, 0.15) is 31.7 Å². The van der Waals surface area contributed by atoms with E-state index in [1.54, 1.807) is 13.1 Å². The van der Waals surface area contributed by atoms with Gasteiger partial charge in [-0.2, -0.15) is 0 Å². The third-order valence-electron chi connectivity index (χ3n) is 6.24. The largest absolute Gasteiger partial charge is 0.376 e. The second-order valence-electron chi connectivity index (χ2n) is 8.26. The van der Waals surface area contributed by atoms with Crippen LogP contribution in [0, 0.1) is 17.3 Å². The molecule has 136 valence electrons. The number of likely N-dealkylation sites (tertiary alicyclic amines) is 2. The van der Waals surface area contributed by atoms with Crippen molar-refractivity contribution in [3.63, 3.8) is 0 Å². The van der Waals surface area contributed by atoms with E-state index in [2.05, 4.69) is 16.0 Å². The summed E-state index contributed by atoms with van der Waals surface area (Å²) in [6.07, 6.45) is 7.57. The molecule has 2 saturated heterocycles. The summed E-state index contributed by atoms with van der Waals surface area (Å²) in [5, 5.41) is 0. The van der Waals surface area contributed by atoms with Gasteiger partial charge in [-0.15, -0.1) is 0 Å². The van der Waals surface area contributed by atoms with Crippen molar-refractivity contribution in [1.82, 2.24) is 14.8 Å². The number of rotatable bonds is 6. The van der Waals surface area contributed by atoms with Crippen molar-refractivity contribution >= 4 is 5.91 Å². The minimum absolute atomic E-state index is 0.215. The number of hydrogen-bond acceptors (Lipinski definition) is 4. The number of aromatic nitrogens is 1. The Morgan fingerprint density at radius 1 is 1.40 bits per heavy atom. The summed E-state index contributed by atoms with van der Waals surface area (Å²) in [7, 11) is 0. The summed E-state index contributed by atoms with van der Waals surface area (Å²) < 4.78 is 6.08. The number of carbonyl (C=O) groups excluding carboxylic acids is 1. The van der Waals surface area contributed by atoms with Gasteiger partial charge in [0.2, 0.25) is 5.91 Å². The predicted molar refractivity (Wildman–Crippen MR) is 95.9 cm³/mol. The molecule has 0 unspecified atom stereocenters. The van der Waals surface area contributed by atoms with Crippen LogP contribution < -0.4 is 0 Å². The monoisotopic (exact) mass is 343 g/mol. The summed E-state index contributed by atoms with van der Waals surface area (Å²) in [5.41, 5.74) is 1.36. The number of amides is 1. The lowest BCUT2D eigenvalue weighted by Gasteiger charge is -2.30. The van der Waals surface area contributed by atoms with Crippen LogP contribution in [0.2, 0.25) is 0 Å². The summed E-state index contributed by atoms with van der Waals surface area (Å²) in [5.74, 6) is 1.65. The van der Waals surface area contributed by atoms with Gasteiger partial charge < -0.3 is 14.5 Å². The van der Waals surface area contributed by atoms with E-state index in [9.17, 15) is 4.79 Å². The Morgan fingerprint density at radius 3 is 2.96 bits per heavy atom. The second kappa shape index (κ2) is 7.04. The molecule has 3 aliphatic rings. The Hall–Kier alpha value is -1.46. The Kier molecular flexibility index (Phi) is 4.78. The van der Waals surface area contributed by atoms with Crippen molar-refractivity contribution in [2.45, 2.75) is 32.8 Å². The first-order valence-corrected chi connectivity index (χ1v) is 9.59. The van der Waals surface area contributed by atoms with Gasteiger partial charge in [-0.1, -0.05) is 6.07 Å². The maximum atomic E-state index is 11.8. The average molecular weight is 343 g/mol. The minimum Gasteiger partial charge on any atom is -0.376 e. The van der Waals surface area contributed by atoms with Gasteiger partial charge in [0.05, 0.1) is 13.2 Å². The Morgan fingerprint density at radius 2 is 2.28 bits per heavy atom. The minimum atomic E-state index is 0.215. The smallest absolute Gasteiger partial charge is 0.219 e. The van der Waals surface area contributed by atoms with E-state index in [-0.39, 0.29) is 11.3 Å². The highest BCUT2D eigenvalue weighted by atomic mass is 16.5. The van der Waals surface area contributed by atoms with Crippen molar-refractivity contribution in [2.75, 3.05) is 39.3 Å². The summed E-state index contributed by atoms with van der Waals surface area (Å²) in [6, 6.07) is 4.01. The van der Waals surface area contributed by atoms with Gasteiger partial charge in [-0.05, 0) is 36.8 Å². The third kappa shape index (κ3) is 3.87. The van der Waals surface area contributed by atoms with E-state index < -0.39 is 0 Å². The average Bonchev–Trinajstić information content (AvgIpc) is 3.21. The Bertz CT molecular complexity index is 604. The molecule has 5 nitrogen and oxygen atoms in total. The zero-order valence-electron chi connectivity index (χ0n) is 15.2. The molecule has 2 aliphatic heterocycles. The first kappa shape index (κ1) is 17.0. The first-order chi connectivity index (χ1) is 12.1. The van der Waals surface area contributed by atoms with Gasteiger partial charge in [0.25, 0.3) is 0 Å². The highest BCUT2D eigenvalue weighted by Gasteiger charge is 2.51. The topological polar surface area (TPSA) is 45.7 Å². The molecule has 1 amide bonds. The highest BCUT2D eigenvalue weighted by Crippen LogP contribution is 2.45. The Balaban J connectivity index is 1.38. The molecule has 3 fully saturated rings. The van der Waals surface area contributed by atoms with Crippen molar-refractivity contribution in [3.05, 3.63) is 30.1 Å². The van der Waals surface area contributed by atoms with Crippen LogP contribution in [0.15, 0.2) is 24.5 Å². The van der Waals surface area contributed by atoms with E-state index in [1.165, 1.54) is 19.4 Å². The zero-order chi connectivity index (χ0) is 17.3. The van der Waals surface area contributed by atoms with Crippen molar-refractivity contribution in [3.8, 4) is 0 Å². The molecule has 0 N–H and O–H groups in total. The van der Waals surface area contributed by atoms with Gasteiger partial charge in [0, 0.05) is 63.4 Å². The number of ether oxygens (including phenoxy) is 1. The van der Waals surface area contributed by atoms with Gasteiger partial charge in [-0.3, -0.25) is 9.78 Å². The first-order valence-electron chi connectivity index (χ1n) is 9.59. The Labute approximate surface area is 150 Å². The molecule has 2 atom stereocenters. The lowest BCUT2D eigenvalue weighted by molar-refractivity contribution is -0.128. The fraction of sp³-hybridized carbons (Fsp3) is 0.700. The molecular weight excluding hydrogens is 314 g/mol. The number of carbonyl (C=O) groups is 1. The van der Waals surface area contributed by atoms with E-state index in [0.717, 1.165) is 50.7 Å². The van der Waals surface area contributed by atoms with Crippen molar-refractivity contribution in [1.29, 1.82) is 0 Å². The summed E-state index contributed by atoms with van der Waals surface area (Å²) in [4.78, 5) is 20.7. The molecule has 1 aliphatic carbocycles. The summed E-state index contributed by atoms with van der Waals surface area (Å²) in [6.45, 7) is 8.41. The molecule has 1 aromatic rings. The molecule has 25 heavy (non-hydrogen) atoms. The molecule has 4 rings (SSSR count). The van der Waals surface area contributed by atoms with Crippen LogP contribution in [-0.2, 0) is 16.1 Å². The second-order valence-corrected chi connectivity index (χ2v) is 8.26. The SMILES string of the molecule is CC(=O)N1CC[C@@]2(CN(CC3CC3)C[C@H]2COCc2cccnc2)C1. The normalized spacial score (nSPS) is 29.6. The lowest BCUT2D eigenvalue weighted by Crippen LogP contribution is -2.37. The zero-order valence-corrected chi connectivity index (χ0v) is 15.2. The highest BCUT2D eigenvalue weighted by molar-refractivity contribution is 5.73. The lowest BCUT2D eigenvalue weighted by atomic mass is 9.77. The molecule has 3 heterocycles. The van der Waals surface area contributed by atoms with Crippen LogP contribution in [-0.4, -0.2) is 60.0 Å². The molecule has 1 aromatic heterocycles. The number of nitrogens with zero attached hydrogens (tertiary/aromatic N) is 3. The molecule has 0 radical (unpaired) electrons.